The number of esters is 2. The summed E-state index contributed by atoms with van der Waals surface area (Å²) in [5.41, 5.74) is 0.511. The highest BCUT2D eigenvalue weighted by molar-refractivity contribution is 5.96. The van der Waals surface area contributed by atoms with Gasteiger partial charge in [0, 0.05) is 11.6 Å². The molecular formula is C18H30O4. The van der Waals surface area contributed by atoms with Gasteiger partial charge in [-0.1, -0.05) is 46.0 Å². The van der Waals surface area contributed by atoms with Crippen molar-refractivity contribution in [1.82, 2.24) is 0 Å². The molecule has 4 nitrogen and oxygen atoms in total. The molecule has 22 heavy (non-hydrogen) atoms. The normalized spacial score (nSPS) is 16.4. The van der Waals surface area contributed by atoms with Gasteiger partial charge in [0.25, 0.3) is 0 Å². The number of hydrogen-bond donors (Lipinski definition) is 0. The van der Waals surface area contributed by atoms with Crippen molar-refractivity contribution in [2.45, 2.75) is 71.6 Å². The molecule has 0 heterocycles. The summed E-state index contributed by atoms with van der Waals surface area (Å²) in [6.45, 7) is 4.93. The number of rotatable bonds is 9. The molecule has 0 saturated heterocycles. The van der Waals surface area contributed by atoms with Crippen LogP contribution in [0.5, 0.6) is 0 Å². The summed E-state index contributed by atoms with van der Waals surface area (Å²) in [6.07, 6.45) is 10.4. The zero-order valence-corrected chi connectivity index (χ0v) is 14.1. The lowest BCUT2D eigenvalue weighted by molar-refractivity contribution is -0.142. The summed E-state index contributed by atoms with van der Waals surface area (Å²) in [5, 5.41) is 0. The SMILES string of the molecule is CCCCOC(=O)/C=C(\C(=O)OCCCC)C1CCCCC1. The second-order valence-electron chi connectivity index (χ2n) is 5.95. The van der Waals surface area contributed by atoms with Gasteiger partial charge in [-0.3, -0.25) is 0 Å². The van der Waals surface area contributed by atoms with E-state index in [1.165, 1.54) is 12.5 Å². The zero-order chi connectivity index (χ0) is 16.2. The van der Waals surface area contributed by atoms with Crippen LogP contribution in [-0.2, 0) is 19.1 Å². The summed E-state index contributed by atoms with van der Waals surface area (Å²) in [5.74, 6) is -0.615. The Morgan fingerprint density at radius 1 is 0.955 bits per heavy atom. The average molecular weight is 310 g/mol. The van der Waals surface area contributed by atoms with Crippen molar-refractivity contribution >= 4 is 11.9 Å². The fourth-order valence-electron chi connectivity index (χ4n) is 2.64. The van der Waals surface area contributed by atoms with E-state index in [4.69, 9.17) is 9.47 Å². The predicted molar refractivity (Wildman–Crippen MR) is 86.4 cm³/mol. The maximum absolute atomic E-state index is 12.3. The highest BCUT2D eigenvalue weighted by atomic mass is 16.5. The molecule has 0 bridgehead atoms. The van der Waals surface area contributed by atoms with Gasteiger partial charge >= 0.3 is 11.9 Å². The molecule has 0 spiro atoms. The Labute approximate surface area is 134 Å². The molecular weight excluding hydrogens is 280 g/mol. The minimum atomic E-state index is -0.415. The van der Waals surface area contributed by atoms with Crippen molar-refractivity contribution in [3.8, 4) is 0 Å². The first-order chi connectivity index (χ1) is 10.7. The molecule has 4 heteroatoms. The molecule has 0 amide bonds. The molecule has 1 saturated carbocycles. The lowest BCUT2D eigenvalue weighted by Gasteiger charge is -2.23. The maximum Gasteiger partial charge on any atom is 0.334 e. The number of carbonyl (C=O) groups excluding carboxylic acids is 2. The smallest absolute Gasteiger partial charge is 0.334 e. The Kier molecular flexibility index (Phi) is 9.60. The van der Waals surface area contributed by atoms with Crippen LogP contribution < -0.4 is 0 Å². The first-order valence-electron chi connectivity index (χ1n) is 8.74. The molecule has 0 aromatic rings. The van der Waals surface area contributed by atoms with Gasteiger partial charge in [-0.25, -0.2) is 9.59 Å². The molecule has 0 aliphatic heterocycles. The topological polar surface area (TPSA) is 52.6 Å². The van der Waals surface area contributed by atoms with Crippen molar-refractivity contribution in [3.63, 3.8) is 0 Å². The molecule has 1 aliphatic carbocycles. The second kappa shape index (κ2) is 11.3. The third kappa shape index (κ3) is 7.10. The lowest BCUT2D eigenvalue weighted by atomic mass is 9.83. The molecule has 0 unspecified atom stereocenters. The van der Waals surface area contributed by atoms with Crippen LogP contribution in [0.2, 0.25) is 0 Å². The molecule has 0 N–H and O–H groups in total. The van der Waals surface area contributed by atoms with Crippen molar-refractivity contribution in [1.29, 1.82) is 0 Å². The molecule has 0 atom stereocenters. The Morgan fingerprint density at radius 3 is 2.14 bits per heavy atom. The third-order valence-electron chi connectivity index (χ3n) is 4.03. The van der Waals surface area contributed by atoms with Gasteiger partial charge in [0.1, 0.15) is 0 Å². The average Bonchev–Trinajstić information content (AvgIpc) is 2.54. The van der Waals surface area contributed by atoms with E-state index < -0.39 is 5.97 Å². The van der Waals surface area contributed by atoms with Crippen LogP contribution in [0.4, 0.5) is 0 Å². The van der Waals surface area contributed by atoms with Gasteiger partial charge < -0.3 is 9.47 Å². The summed E-state index contributed by atoms with van der Waals surface area (Å²) < 4.78 is 10.5. The van der Waals surface area contributed by atoms with Crippen LogP contribution in [-0.4, -0.2) is 25.2 Å². The molecule has 0 radical (unpaired) electrons. The van der Waals surface area contributed by atoms with Gasteiger partial charge in [-0.15, -0.1) is 0 Å². The van der Waals surface area contributed by atoms with Gasteiger partial charge in [0.05, 0.1) is 13.2 Å². The van der Waals surface area contributed by atoms with Crippen LogP contribution in [0.15, 0.2) is 11.6 Å². The zero-order valence-electron chi connectivity index (χ0n) is 14.1. The standard InChI is InChI=1S/C18H30O4/c1-3-5-12-21-17(19)14-16(15-10-8-7-9-11-15)18(20)22-13-6-4-2/h14-15H,3-13H2,1-2H3/b16-14-. The van der Waals surface area contributed by atoms with Crippen LogP contribution in [0, 0.1) is 5.92 Å². The Morgan fingerprint density at radius 2 is 1.55 bits per heavy atom. The molecule has 126 valence electrons. The lowest BCUT2D eigenvalue weighted by Crippen LogP contribution is -2.20. The van der Waals surface area contributed by atoms with Gasteiger partial charge in [0.15, 0.2) is 0 Å². The van der Waals surface area contributed by atoms with Crippen LogP contribution in [0.25, 0.3) is 0 Å². The van der Waals surface area contributed by atoms with E-state index in [0.717, 1.165) is 51.4 Å². The first kappa shape index (κ1) is 18.7. The van der Waals surface area contributed by atoms with Crippen molar-refractivity contribution in [3.05, 3.63) is 11.6 Å². The molecule has 0 aromatic carbocycles. The summed E-state index contributed by atoms with van der Waals surface area (Å²) in [4.78, 5) is 24.2. The molecule has 1 rings (SSSR count). The van der Waals surface area contributed by atoms with Gasteiger partial charge in [-0.05, 0) is 31.6 Å². The van der Waals surface area contributed by atoms with Crippen molar-refractivity contribution in [2.24, 2.45) is 5.92 Å². The van der Waals surface area contributed by atoms with E-state index in [-0.39, 0.29) is 11.9 Å². The Hall–Kier alpha value is -1.32. The number of unbranched alkanes of at least 4 members (excludes halogenated alkanes) is 2. The van der Waals surface area contributed by atoms with E-state index in [2.05, 4.69) is 6.92 Å². The highest BCUT2D eigenvalue weighted by Crippen LogP contribution is 2.30. The minimum absolute atomic E-state index is 0.140. The van der Waals surface area contributed by atoms with Gasteiger partial charge in [-0.2, -0.15) is 0 Å². The molecule has 1 fully saturated rings. The van der Waals surface area contributed by atoms with E-state index in [1.54, 1.807) is 0 Å². The second-order valence-corrected chi connectivity index (χ2v) is 5.95. The van der Waals surface area contributed by atoms with Crippen LogP contribution in [0.1, 0.15) is 71.6 Å². The van der Waals surface area contributed by atoms with Gasteiger partial charge in [0.2, 0.25) is 0 Å². The fourth-order valence-corrected chi connectivity index (χ4v) is 2.64. The summed E-state index contributed by atoms with van der Waals surface area (Å²) in [6, 6.07) is 0. The number of ether oxygens (including phenoxy) is 2. The monoisotopic (exact) mass is 310 g/mol. The van der Waals surface area contributed by atoms with E-state index in [1.807, 2.05) is 6.92 Å². The molecule has 1 aliphatic rings. The molecule has 0 aromatic heterocycles. The highest BCUT2D eigenvalue weighted by Gasteiger charge is 2.25. The van der Waals surface area contributed by atoms with Crippen molar-refractivity contribution in [2.75, 3.05) is 13.2 Å². The van der Waals surface area contributed by atoms with Crippen LogP contribution in [0.3, 0.4) is 0 Å². The predicted octanol–water partition coefficient (Wildman–Crippen LogP) is 4.18. The minimum Gasteiger partial charge on any atom is -0.463 e. The Bertz CT molecular complexity index is 367. The van der Waals surface area contributed by atoms with E-state index in [9.17, 15) is 9.59 Å². The van der Waals surface area contributed by atoms with E-state index in [0.29, 0.717) is 18.8 Å². The van der Waals surface area contributed by atoms with Crippen molar-refractivity contribution < 1.29 is 19.1 Å². The summed E-state index contributed by atoms with van der Waals surface area (Å²) >= 11 is 0. The maximum atomic E-state index is 12.3. The largest absolute Gasteiger partial charge is 0.463 e. The van der Waals surface area contributed by atoms with E-state index >= 15 is 0 Å². The number of hydrogen-bond acceptors (Lipinski definition) is 4. The quantitative estimate of drug-likeness (QED) is 0.364. The first-order valence-corrected chi connectivity index (χ1v) is 8.74. The Balaban J connectivity index is 2.67. The summed E-state index contributed by atoms with van der Waals surface area (Å²) in [7, 11) is 0. The van der Waals surface area contributed by atoms with Crippen LogP contribution >= 0.6 is 0 Å². The third-order valence-corrected chi connectivity index (χ3v) is 4.03. The fraction of sp³-hybridized carbons (Fsp3) is 0.778. The number of carbonyl (C=O) groups is 2.